The van der Waals surface area contributed by atoms with E-state index in [1.165, 1.54) is 21.3 Å². The summed E-state index contributed by atoms with van der Waals surface area (Å²) in [7, 11) is -1.94. The second kappa shape index (κ2) is 5.46. The minimum absolute atomic E-state index is 0.208. The molecule has 0 bridgehead atoms. The van der Waals surface area contributed by atoms with Crippen LogP contribution in [0.4, 0.5) is 0 Å². The van der Waals surface area contributed by atoms with E-state index in [0.29, 0.717) is 13.1 Å². The van der Waals surface area contributed by atoms with Crippen molar-refractivity contribution in [1.82, 2.24) is 14.1 Å². The van der Waals surface area contributed by atoms with Gasteiger partial charge in [-0.15, -0.1) is 0 Å². The van der Waals surface area contributed by atoms with Gasteiger partial charge in [-0.05, 0) is 31.1 Å². The van der Waals surface area contributed by atoms with Gasteiger partial charge in [-0.3, -0.25) is 4.68 Å². The van der Waals surface area contributed by atoms with E-state index in [-0.39, 0.29) is 5.03 Å². The Morgan fingerprint density at radius 3 is 2.88 bits per heavy atom. The van der Waals surface area contributed by atoms with E-state index >= 15 is 0 Å². The zero-order valence-corrected chi connectivity index (χ0v) is 14.2. The molecule has 1 atom stereocenters. The fraction of sp³-hybridized carbons (Fsp3) is 0.353. The van der Waals surface area contributed by atoms with E-state index in [4.69, 9.17) is 4.74 Å². The molecule has 2 aliphatic heterocycles. The number of rotatable bonds is 2. The lowest BCUT2D eigenvalue weighted by atomic mass is 9.90. The number of hydrogen-bond donors (Lipinski definition) is 0. The molecule has 0 radical (unpaired) electrons. The van der Waals surface area contributed by atoms with Crippen LogP contribution in [-0.2, 0) is 17.1 Å². The van der Waals surface area contributed by atoms with Crippen molar-refractivity contribution in [2.75, 3.05) is 13.1 Å². The number of aromatic nitrogens is 2. The Hall–Kier alpha value is -2.12. The van der Waals surface area contributed by atoms with Crippen molar-refractivity contribution in [2.45, 2.75) is 23.5 Å². The van der Waals surface area contributed by atoms with Crippen molar-refractivity contribution in [3.8, 4) is 5.75 Å². The molecule has 1 spiro atoms. The van der Waals surface area contributed by atoms with Crippen LogP contribution >= 0.6 is 0 Å². The summed E-state index contributed by atoms with van der Waals surface area (Å²) >= 11 is 0. The molecule has 2 aliphatic rings. The van der Waals surface area contributed by atoms with Crippen LogP contribution in [0.2, 0.25) is 0 Å². The normalized spacial score (nSPS) is 23.9. The number of ether oxygens (including phenoxy) is 1. The predicted octanol–water partition coefficient (Wildman–Crippen LogP) is 2.05. The van der Waals surface area contributed by atoms with Gasteiger partial charge in [0.05, 0.1) is 12.7 Å². The van der Waals surface area contributed by atoms with Crippen molar-refractivity contribution in [2.24, 2.45) is 7.05 Å². The summed E-state index contributed by atoms with van der Waals surface area (Å²) in [6.45, 7) is 0.805. The highest BCUT2D eigenvalue weighted by molar-refractivity contribution is 7.89. The largest absolute Gasteiger partial charge is 0.481 e. The molecule has 0 aliphatic carbocycles. The first-order valence-corrected chi connectivity index (χ1v) is 9.40. The van der Waals surface area contributed by atoms with E-state index in [2.05, 4.69) is 5.10 Å². The van der Waals surface area contributed by atoms with Gasteiger partial charge >= 0.3 is 0 Å². The Kier molecular flexibility index (Phi) is 3.51. The van der Waals surface area contributed by atoms with Crippen LogP contribution in [0.1, 0.15) is 18.4 Å². The molecular formula is C17H19N3O3S. The number of aryl methyl sites for hydroxylation is 1. The maximum absolute atomic E-state index is 12.9. The summed E-state index contributed by atoms with van der Waals surface area (Å²) in [5.74, 6) is 0.805. The second-order valence-corrected chi connectivity index (χ2v) is 8.16. The Labute approximate surface area is 141 Å². The zero-order chi connectivity index (χ0) is 16.8. The fourth-order valence-corrected chi connectivity index (χ4v) is 5.03. The highest BCUT2D eigenvalue weighted by Crippen LogP contribution is 2.37. The molecule has 1 saturated heterocycles. The highest BCUT2D eigenvalue weighted by atomic mass is 32.2. The summed E-state index contributed by atoms with van der Waals surface area (Å²) < 4.78 is 35.0. The molecule has 1 fully saturated rings. The minimum Gasteiger partial charge on any atom is -0.481 e. The molecule has 0 amide bonds. The summed E-state index contributed by atoms with van der Waals surface area (Å²) in [6.07, 6.45) is 7.08. The van der Waals surface area contributed by atoms with Gasteiger partial charge < -0.3 is 4.74 Å². The summed E-state index contributed by atoms with van der Waals surface area (Å²) in [4.78, 5) is 0. The molecule has 1 unspecified atom stereocenters. The van der Waals surface area contributed by atoms with Crippen LogP contribution < -0.4 is 4.74 Å². The molecule has 2 aromatic rings. The van der Waals surface area contributed by atoms with Crippen molar-refractivity contribution in [3.63, 3.8) is 0 Å². The quantitative estimate of drug-likeness (QED) is 0.836. The van der Waals surface area contributed by atoms with Gasteiger partial charge in [0, 0.05) is 19.2 Å². The maximum Gasteiger partial charge on any atom is 0.260 e. The molecule has 0 saturated carbocycles. The molecule has 7 heteroatoms. The van der Waals surface area contributed by atoms with Crippen molar-refractivity contribution < 1.29 is 13.2 Å². The lowest BCUT2D eigenvalue weighted by molar-refractivity contribution is 0.0577. The smallest absolute Gasteiger partial charge is 0.260 e. The van der Waals surface area contributed by atoms with Gasteiger partial charge in [0.1, 0.15) is 11.4 Å². The third-order valence-corrected chi connectivity index (χ3v) is 6.55. The number of fused-ring (bicyclic) bond motifs is 1. The molecule has 126 valence electrons. The second-order valence-electron chi connectivity index (χ2n) is 6.27. The summed E-state index contributed by atoms with van der Waals surface area (Å²) in [5.41, 5.74) is 0.424. The van der Waals surface area contributed by atoms with Gasteiger partial charge in [-0.25, -0.2) is 8.42 Å². The molecular weight excluding hydrogens is 326 g/mol. The van der Waals surface area contributed by atoms with Gasteiger partial charge in [0.2, 0.25) is 0 Å². The number of nitrogens with zero attached hydrogens (tertiary/aromatic N) is 3. The zero-order valence-electron chi connectivity index (χ0n) is 13.4. The van der Waals surface area contributed by atoms with Crippen LogP contribution in [0.15, 0.2) is 47.6 Å². The lowest BCUT2D eigenvalue weighted by Crippen LogP contribution is -2.53. The molecule has 4 rings (SSSR count). The van der Waals surface area contributed by atoms with Gasteiger partial charge in [-0.1, -0.05) is 24.3 Å². The van der Waals surface area contributed by atoms with E-state index < -0.39 is 15.6 Å². The Bertz CT molecular complexity index is 903. The first-order valence-electron chi connectivity index (χ1n) is 7.96. The van der Waals surface area contributed by atoms with Crippen LogP contribution in [0.3, 0.4) is 0 Å². The number of piperidine rings is 1. The summed E-state index contributed by atoms with van der Waals surface area (Å²) in [6, 6.07) is 9.34. The standard InChI is InChI=1S/C17H19N3O3S/c1-19-16(8-11-18-19)24(21,22)20-12-4-9-17(13-20)10-7-14-5-2-3-6-15(14)23-17/h2-3,5-8,10-11H,4,9,12-13H2,1H3. The molecule has 1 aromatic carbocycles. The van der Waals surface area contributed by atoms with E-state index in [0.717, 1.165) is 24.2 Å². The van der Waals surface area contributed by atoms with E-state index in [1.807, 2.05) is 36.4 Å². The minimum atomic E-state index is -3.58. The topological polar surface area (TPSA) is 64.4 Å². The van der Waals surface area contributed by atoms with E-state index in [9.17, 15) is 8.42 Å². The summed E-state index contributed by atoms with van der Waals surface area (Å²) in [5, 5.41) is 4.19. The highest BCUT2D eigenvalue weighted by Gasteiger charge is 2.42. The Morgan fingerprint density at radius 1 is 1.25 bits per heavy atom. The molecule has 0 N–H and O–H groups in total. The Morgan fingerprint density at radius 2 is 2.08 bits per heavy atom. The molecule has 3 heterocycles. The van der Waals surface area contributed by atoms with Crippen molar-refractivity contribution in [1.29, 1.82) is 0 Å². The molecule has 24 heavy (non-hydrogen) atoms. The predicted molar refractivity (Wildman–Crippen MR) is 90.0 cm³/mol. The first-order chi connectivity index (χ1) is 11.5. The van der Waals surface area contributed by atoms with Crippen LogP contribution in [-0.4, -0.2) is 41.2 Å². The Balaban J connectivity index is 1.65. The molecule has 1 aromatic heterocycles. The van der Waals surface area contributed by atoms with Gasteiger partial charge in [0.15, 0.2) is 5.03 Å². The number of sulfonamides is 1. The SMILES string of the molecule is Cn1nccc1S(=O)(=O)N1CCCC2(C=Cc3ccccc3O2)C1. The average Bonchev–Trinajstić information content (AvgIpc) is 3.02. The maximum atomic E-state index is 12.9. The number of para-hydroxylation sites is 1. The van der Waals surface area contributed by atoms with E-state index in [1.54, 1.807) is 7.05 Å². The monoisotopic (exact) mass is 345 g/mol. The fourth-order valence-electron chi connectivity index (χ4n) is 3.39. The first kappa shape index (κ1) is 15.4. The van der Waals surface area contributed by atoms with Crippen LogP contribution in [0.25, 0.3) is 6.08 Å². The van der Waals surface area contributed by atoms with Crippen molar-refractivity contribution >= 4 is 16.1 Å². The third-order valence-electron chi connectivity index (χ3n) is 4.63. The van der Waals surface area contributed by atoms with Gasteiger partial charge in [0.25, 0.3) is 10.0 Å². The van der Waals surface area contributed by atoms with Gasteiger partial charge in [-0.2, -0.15) is 9.40 Å². The molecule has 6 nitrogen and oxygen atoms in total. The van der Waals surface area contributed by atoms with Crippen molar-refractivity contribution in [3.05, 3.63) is 48.2 Å². The lowest BCUT2D eigenvalue weighted by Gasteiger charge is -2.42. The number of hydrogen-bond acceptors (Lipinski definition) is 4. The third kappa shape index (κ3) is 2.44. The number of benzene rings is 1. The average molecular weight is 345 g/mol. The van der Waals surface area contributed by atoms with Crippen LogP contribution in [0, 0.1) is 0 Å². The van der Waals surface area contributed by atoms with Crippen LogP contribution in [0.5, 0.6) is 5.75 Å².